The van der Waals surface area contributed by atoms with Crippen LogP contribution in [0.2, 0.25) is 0 Å². The molecule has 1 saturated heterocycles. The molecule has 0 aliphatic carbocycles. The number of hydrogen-bond donors (Lipinski definition) is 1. The molecule has 1 unspecified atom stereocenters. The Morgan fingerprint density at radius 1 is 1.56 bits per heavy atom. The molecule has 84 valence electrons. The molecule has 1 fully saturated rings. The third kappa shape index (κ3) is 1.72. The van der Waals surface area contributed by atoms with Crippen molar-refractivity contribution in [1.82, 2.24) is 9.38 Å². The van der Waals surface area contributed by atoms with E-state index in [9.17, 15) is 0 Å². The van der Waals surface area contributed by atoms with Crippen molar-refractivity contribution in [3.05, 3.63) is 35.8 Å². The van der Waals surface area contributed by atoms with Gasteiger partial charge >= 0.3 is 0 Å². The minimum absolute atomic E-state index is 0.581. The summed E-state index contributed by atoms with van der Waals surface area (Å²) in [5.74, 6) is 3.13. The van der Waals surface area contributed by atoms with Crippen LogP contribution in [0.25, 0.3) is 5.65 Å². The van der Waals surface area contributed by atoms with Gasteiger partial charge in [0.25, 0.3) is 0 Å². The molecule has 1 aliphatic heterocycles. The zero-order chi connectivity index (χ0) is 11.0. The van der Waals surface area contributed by atoms with Crippen molar-refractivity contribution in [2.75, 3.05) is 11.5 Å². The molecule has 2 aromatic heterocycles. The lowest BCUT2D eigenvalue weighted by Crippen LogP contribution is -1.96. The summed E-state index contributed by atoms with van der Waals surface area (Å²) in [5, 5.41) is 0. The average Bonchev–Trinajstić information content (AvgIpc) is 2.96. The smallest absolute Gasteiger partial charge is 0.137 e. The van der Waals surface area contributed by atoms with Gasteiger partial charge < -0.3 is 10.1 Å². The molecule has 16 heavy (non-hydrogen) atoms. The highest BCUT2D eigenvalue weighted by atomic mass is 32.2. The molecule has 2 aromatic rings. The van der Waals surface area contributed by atoms with Crippen LogP contribution >= 0.6 is 11.8 Å². The Morgan fingerprint density at radius 3 is 3.25 bits per heavy atom. The van der Waals surface area contributed by atoms with Gasteiger partial charge in [0.2, 0.25) is 0 Å². The number of imidazole rings is 1. The van der Waals surface area contributed by atoms with Crippen LogP contribution in [-0.4, -0.2) is 20.9 Å². The van der Waals surface area contributed by atoms with Crippen molar-refractivity contribution in [2.45, 2.75) is 18.9 Å². The summed E-state index contributed by atoms with van der Waals surface area (Å²) >= 11 is 2.03. The molecule has 0 saturated carbocycles. The van der Waals surface area contributed by atoms with Crippen LogP contribution in [-0.2, 0) is 6.54 Å². The molecule has 4 heteroatoms. The highest BCUT2D eigenvalue weighted by Gasteiger charge is 2.20. The Kier molecular flexibility index (Phi) is 2.61. The highest BCUT2D eigenvalue weighted by molar-refractivity contribution is 7.99. The minimum atomic E-state index is 0.581. The van der Waals surface area contributed by atoms with E-state index in [1.807, 2.05) is 11.8 Å². The molecule has 1 atom stereocenters. The van der Waals surface area contributed by atoms with Gasteiger partial charge in [0.05, 0.1) is 5.69 Å². The topological polar surface area (TPSA) is 43.3 Å². The minimum Gasteiger partial charge on any atom is -0.326 e. The molecule has 0 amide bonds. The third-order valence-corrected chi connectivity index (χ3v) is 4.29. The van der Waals surface area contributed by atoms with Crippen molar-refractivity contribution in [2.24, 2.45) is 5.73 Å². The van der Waals surface area contributed by atoms with E-state index in [4.69, 9.17) is 10.7 Å². The summed E-state index contributed by atoms with van der Waals surface area (Å²) in [7, 11) is 0. The van der Waals surface area contributed by atoms with Crippen LogP contribution < -0.4 is 5.73 Å². The number of thioether (sulfide) groups is 1. The summed E-state index contributed by atoms with van der Waals surface area (Å²) in [6.45, 7) is 0.581. The lowest BCUT2D eigenvalue weighted by molar-refractivity contribution is 0.759. The number of nitrogens with zero attached hydrogens (tertiary/aromatic N) is 2. The van der Waals surface area contributed by atoms with E-state index >= 15 is 0 Å². The second-order valence-electron chi connectivity index (χ2n) is 4.23. The maximum Gasteiger partial charge on any atom is 0.137 e. The zero-order valence-corrected chi connectivity index (χ0v) is 9.91. The van der Waals surface area contributed by atoms with E-state index in [1.54, 1.807) is 0 Å². The fourth-order valence-corrected chi connectivity index (χ4v) is 3.37. The second kappa shape index (κ2) is 4.11. The van der Waals surface area contributed by atoms with E-state index in [-0.39, 0.29) is 0 Å². The fourth-order valence-electron chi connectivity index (χ4n) is 2.14. The Bertz CT molecular complexity index is 500. The van der Waals surface area contributed by atoms with Crippen molar-refractivity contribution >= 4 is 17.4 Å². The van der Waals surface area contributed by atoms with E-state index < -0.39 is 0 Å². The summed E-state index contributed by atoms with van der Waals surface area (Å²) in [6, 6.07) is 4.13. The van der Waals surface area contributed by atoms with Gasteiger partial charge in [-0.3, -0.25) is 0 Å². The van der Waals surface area contributed by atoms with Crippen LogP contribution in [0.15, 0.2) is 24.5 Å². The van der Waals surface area contributed by atoms with Gasteiger partial charge in [0, 0.05) is 30.6 Å². The molecule has 0 spiro atoms. The summed E-state index contributed by atoms with van der Waals surface area (Å²) < 4.78 is 2.09. The van der Waals surface area contributed by atoms with E-state index in [0.29, 0.717) is 12.5 Å². The first kappa shape index (κ1) is 10.2. The molecule has 0 bridgehead atoms. The standard InChI is InChI=1S/C12H15N3S/c13-6-9-1-3-15-7-11(14-12(15)5-9)10-2-4-16-8-10/h1,3,5,7,10H,2,4,6,8,13H2. The lowest BCUT2D eigenvalue weighted by Gasteiger charge is -2.01. The molecule has 0 aromatic carbocycles. The number of aromatic nitrogens is 2. The van der Waals surface area contributed by atoms with Crippen LogP contribution in [0, 0.1) is 0 Å². The molecule has 3 heterocycles. The van der Waals surface area contributed by atoms with E-state index in [2.05, 4.69) is 28.9 Å². The Balaban J connectivity index is 2.01. The van der Waals surface area contributed by atoms with Crippen molar-refractivity contribution in [3.63, 3.8) is 0 Å². The lowest BCUT2D eigenvalue weighted by atomic mass is 10.1. The predicted octanol–water partition coefficient (Wildman–Crippen LogP) is 2.01. The Hall–Kier alpha value is -1.00. The highest BCUT2D eigenvalue weighted by Crippen LogP contribution is 2.31. The number of fused-ring (bicyclic) bond motifs is 1. The summed E-state index contributed by atoms with van der Waals surface area (Å²) in [4.78, 5) is 4.70. The molecule has 3 nitrogen and oxygen atoms in total. The van der Waals surface area contributed by atoms with Gasteiger partial charge in [0.15, 0.2) is 0 Å². The predicted molar refractivity (Wildman–Crippen MR) is 67.8 cm³/mol. The maximum absolute atomic E-state index is 5.63. The van der Waals surface area contributed by atoms with Gasteiger partial charge in [-0.1, -0.05) is 0 Å². The first-order valence-electron chi connectivity index (χ1n) is 5.62. The zero-order valence-electron chi connectivity index (χ0n) is 9.10. The van der Waals surface area contributed by atoms with Gasteiger partial charge in [0.1, 0.15) is 5.65 Å². The molecule has 0 radical (unpaired) electrons. The fraction of sp³-hybridized carbons (Fsp3) is 0.417. The largest absolute Gasteiger partial charge is 0.326 e. The molecular formula is C12H15N3S. The average molecular weight is 233 g/mol. The van der Waals surface area contributed by atoms with Crippen molar-refractivity contribution in [1.29, 1.82) is 0 Å². The normalized spacial score (nSPS) is 20.7. The van der Waals surface area contributed by atoms with Crippen LogP contribution in [0.5, 0.6) is 0 Å². The first-order chi connectivity index (χ1) is 7.86. The van der Waals surface area contributed by atoms with Crippen LogP contribution in [0.4, 0.5) is 0 Å². The van der Waals surface area contributed by atoms with Gasteiger partial charge in [-0.25, -0.2) is 4.98 Å². The molecular weight excluding hydrogens is 218 g/mol. The van der Waals surface area contributed by atoms with Crippen molar-refractivity contribution in [3.8, 4) is 0 Å². The molecule has 2 N–H and O–H groups in total. The maximum atomic E-state index is 5.63. The monoisotopic (exact) mass is 233 g/mol. The first-order valence-corrected chi connectivity index (χ1v) is 6.77. The Morgan fingerprint density at radius 2 is 2.50 bits per heavy atom. The van der Waals surface area contributed by atoms with Gasteiger partial charge in [-0.15, -0.1) is 0 Å². The number of hydrogen-bond acceptors (Lipinski definition) is 3. The summed E-state index contributed by atoms with van der Waals surface area (Å²) in [5.41, 5.74) is 9.03. The third-order valence-electron chi connectivity index (χ3n) is 3.13. The SMILES string of the molecule is NCc1ccn2cc(C3CCSC3)nc2c1. The molecule has 1 aliphatic rings. The quantitative estimate of drug-likeness (QED) is 0.863. The Labute approximate surface area is 99.1 Å². The van der Waals surface area contributed by atoms with E-state index in [0.717, 1.165) is 11.2 Å². The van der Waals surface area contributed by atoms with Gasteiger partial charge in [-0.2, -0.15) is 11.8 Å². The number of nitrogens with two attached hydrogens (primary N) is 1. The van der Waals surface area contributed by atoms with E-state index in [1.165, 1.54) is 23.6 Å². The molecule has 3 rings (SSSR count). The second-order valence-corrected chi connectivity index (χ2v) is 5.38. The van der Waals surface area contributed by atoms with Crippen LogP contribution in [0.3, 0.4) is 0 Å². The van der Waals surface area contributed by atoms with Crippen molar-refractivity contribution < 1.29 is 0 Å². The number of rotatable bonds is 2. The van der Waals surface area contributed by atoms with Gasteiger partial charge in [-0.05, 0) is 29.9 Å². The van der Waals surface area contributed by atoms with Crippen LogP contribution in [0.1, 0.15) is 23.6 Å². The summed E-state index contributed by atoms with van der Waals surface area (Å²) in [6.07, 6.45) is 5.47. The number of pyridine rings is 1.